The minimum atomic E-state index is -0.254. The van der Waals surface area contributed by atoms with Crippen molar-refractivity contribution in [3.63, 3.8) is 0 Å². The number of aromatic amines is 1. The number of aromatic nitrogens is 2. The SMILES string of the molecule is NCC#Cc1ccccc1CSc1nc(N)cc(=O)[nH]1. The average molecular weight is 286 g/mol. The van der Waals surface area contributed by atoms with E-state index in [9.17, 15) is 4.79 Å². The Morgan fingerprint density at radius 3 is 2.90 bits per heavy atom. The molecule has 5 nitrogen and oxygen atoms in total. The van der Waals surface area contributed by atoms with Gasteiger partial charge in [-0.3, -0.25) is 4.79 Å². The minimum Gasteiger partial charge on any atom is -0.383 e. The number of anilines is 1. The first-order valence-electron chi connectivity index (χ1n) is 5.95. The molecule has 2 aromatic rings. The van der Waals surface area contributed by atoms with Crippen LogP contribution in [0.15, 0.2) is 40.3 Å². The third kappa shape index (κ3) is 3.88. The molecule has 2 rings (SSSR count). The molecular formula is C14H14N4OS. The summed E-state index contributed by atoms with van der Waals surface area (Å²) in [4.78, 5) is 18.0. The highest BCUT2D eigenvalue weighted by Gasteiger charge is 2.03. The van der Waals surface area contributed by atoms with E-state index in [0.29, 0.717) is 17.5 Å². The maximum Gasteiger partial charge on any atom is 0.253 e. The topological polar surface area (TPSA) is 97.8 Å². The summed E-state index contributed by atoms with van der Waals surface area (Å²) in [6, 6.07) is 9.05. The van der Waals surface area contributed by atoms with Crippen molar-refractivity contribution in [2.24, 2.45) is 5.73 Å². The van der Waals surface area contributed by atoms with Crippen LogP contribution in [-0.2, 0) is 5.75 Å². The molecule has 0 atom stereocenters. The van der Waals surface area contributed by atoms with Crippen LogP contribution < -0.4 is 17.0 Å². The molecule has 0 saturated heterocycles. The minimum absolute atomic E-state index is 0.215. The summed E-state index contributed by atoms with van der Waals surface area (Å²) in [7, 11) is 0. The first-order chi connectivity index (χ1) is 9.69. The number of nitrogen functional groups attached to an aromatic ring is 1. The lowest BCUT2D eigenvalue weighted by molar-refractivity contribution is 0.945. The summed E-state index contributed by atoms with van der Waals surface area (Å²) in [6.45, 7) is 0.325. The standard InChI is InChI=1S/C14H14N4OS/c15-7-3-6-10-4-1-2-5-11(10)9-20-14-17-12(16)8-13(19)18-14/h1-2,4-5,8H,7,9,15H2,(H3,16,17,18,19). The molecule has 5 N–H and O–H groups in total. The van der Waals surface area contributed by atoms with E-state index in [0.717, 1.165) is 11.1 Å². The second-order valence-corrected chi connectivity index (χ2v) is 4.89. The Bertz CT molecular complexity index is 715. The van der Waals surface area contributed by atoms with E-state index in [2.05, 4.69) is 21.8 Å². The molecule has 1 aromatic heterocycles. The fourth-order valence-electron chi connectivity index (χ4n) is 1.58. The number of hydrogen-bond acceptors (Lipinski definition) is 5. The molecule has 20 heavy (non-hydrogen) atoms. The Kier molecular flexibility index (Phi) is 4.82. The van der Waals surface area contributed by atoms with Crippen LogP contribution in [0.1, 0.15) is 11.1 Å². The second-order valence-electron chi connectivity index (χ2n) is 3.93. The molecular weight excluding hydrogens is 272 g/mol. The molecule has 0 saturated carbocycles. The lowest BCUT2D eigenvalue weighted by atomic mass is 10.1. The van der Waals surface area contributed by atoms with E-state index >= 15 is 0 Å². The van der Waals surface area contributed by atoms with Gasteiger partial charge in [-0.2, -0.15) is 0 Å². The summed E-state index contributed by atoms with van der Waals surface area (Å²) in [5.74, 6) is 6.72. The van der Waals surface area contributed by atoms with Crippen LogP contribution in [-0.4, -0.2) is 16.5 Å². The van der Waals surface area contributed by atoms with Crippen molar-refractivity contribution >= 4 is 17.6 Å². The predicted octanol–water partition coefficient (Wildman–Crippen LogP) is 0.955. The summed E-state index contributed by atoms with van der Waals surface area (Å²) in [5, 5.41) is 0.497. The van der Waals surface area contributed by atoms with Gasteiger partial charge < -0.3 is 16.5 Å². The van der Waals surface area contributed by atoms with Crippen LogP contribution in [0.25, 0.3) is 0 Å². The average Bonchev–Trinajstić information content (AvgIpc) is 2.43. The lowest BCUT2D eigenvalue weighted by Gasteiger charge is -2.04. The smallest absolute Gasteiger partial charge is 0.253 e. The number of nitrogens with one attached hydrogen (secondary N) is 1. The monoisotopic (exact) mass is 286 g/mol. The van der Waals surface area contributed by atoms with Crippen LogP contribution >= 0.6 is 11.8 Å². The first kappa shape index (κ1) is 14.2. The zero-order valence-corrected chi connectivity index (χ0v) is 11.5. The largest absolute Gasteiger partial charge is 0.383 e. The second kappa shape index (κ2) is 6.80. The Labute approximate surface area is 120 Å². The molecule has 6 heteroatoms. The molecule has 0 fully saturated rings. The van der Waals surface area contributed by atoms with Gasteiger partial charge in [0, 0.05) is 17.4 Å². The van der Waals surface area contributed by atoms with Crippen LogP contribution in [0.4, 0.5) is 5.82 Å². The molecule has 0 bridgehead atoms. The van der Waals surface area contributed by atoms with Gasteiger partial charge in [-0.15, -0.1) is 0 Å². The molecule has 0 aliphatic rings. The molecule has 0 radical (unpaired) electrons. The van der Waals surface area contributed by atoms with Gasteiger partial charge in [-0.25, -0.2) is 4.98 Å². The van der Waals surface area contributed by atoms with Gasteiger partial charge in [-0.05, 0) is 11.6 Å². The molecule has 0 spiro atoms. The van der Waals surface area contributed by atoms with Crippen LogP contribution in [0, 0.1) is 11.8 Å². The molecule has 1 aromatic carbocycles. The Morgan fingerprint density at radius 1 is 1.35 bits per heavy atom. The van der Waals surface area contributed by atoms with Gasteiger partial charge >= 0.3 is 0 Å². The number of H-pyrrole nitrogens is 1. The van der Waals surface area contributed by atoms with Gasteiger partial charge in [0.2, 0.25) is 0 Å². The summed E-state index contributed by atoms with van der Waals surface area (Å²) in [5.41, 5.74) is 12.7. The highest BCUT2D eigenvalue weighted by Crippen LogP contribution is 2.20. The maximum atomic E-state index is 11.3. The highest BCUT2D eigenvalue weighted by molar-refractivity contribution is 7.98. The summed E-state index contributed by atoms with van der Waals surface area (Å²) in [6.07, 6.45) is 0. The molecule has 0 amide bonds. The third-order valence-electron chi connectivity index (χ3n) is 2.45. The van der Waals surface area contributed by atoms with Crippen molar-refractivity contribution in [2.75, 3.05) is 12.3 Å². The number of rotatable bonds is 3. The molecule has 1 heterocycles. The number of hydrogen-bond donors (Lipinski definition) is 3. The third-order valence-corrected chi connectivity index (χ3v) is 3.37. The molecule has 0 unspecified atom stereocenters. The lowest BCUT2D eigenvalue weighted by Crippen LogP contribution is -2.09. The predicted molar refractivity (Wildman–Crippen MR) is 81.2 cm³/mol. The first-order valence-corrected chi connectivity index (χ1v) is 6.94. The van der Waals surface area contributed by atoms with Gasteiger partial charge in [0.25, 0.3) is 5.56 Å². The normalized spacial score (nSPS) is 9.85. The van der Waals surface area contributed by atoms with Crippen LogP contribution in [0.2, 0.25) is 0 Å². The van der Waals surface area contributed by atoms with Crippen molar-refractivity contribution < 1.29 is 0 Å². The van der Waals surface area contributed by atoms with E-state index in [1.54, 1.807) is 0 Å². The van der Waals surface area contributed by atoms with E-state index < -0.39 is 0 Å². The number of nitrogens with zero attached hydrogens (tertiary/aromatic N) is 1. The van der Waals surface area contributed by atoms with Crippen LogP contribution in [0.3, 0.4) is 0 Å². The van der Waals surface area contributed by atoms with Gasteiger partial charge in [-0.1, -0.05) is 41.8 Å². The van der Waals surface area contributed by atoms with E-state index in [4.69, 9.17) is 11.5 Å². The number of nitrogens with two attached hydrogens (primary N) is 2. The van der Waals surface area contributed by atoms with E-state index in [1.807, 2.05) is 24.3 Å². The fourth-order valence-corrected chi connectivity index (χ4v) is 2.47. The van der Waals surface area contributed by atoms with Crippen molar-refractivity contribution in [2.45, 2.75) is 10.9 Å². The van der Waals surface area contributed by atoms with Gasteiger partial charge in [0.05, 0.1) is 6.54 Å². The van der Waals surface area contributed by atoms with Gasteiger partial charge in [0.1, 0.15) is 5.82 Å². The van der Waals surface area contributed by atoms with Gasteiger partial charge in [0.15, 0.2) is 5.16 Å². The Morgan fingerprint density at radius 2 is 2.15 bits per heavy atom. The molecule has 0 aliphatic carbocycles. The number of thioether (sulfide) groups is 1. The van der Waals surface area contributed by atoms with Crippen molar-refractivity contribution in [3.8, 4) is 11.8 Å². The zero-order valence-electron chi connectivity index (χ0n) is 10.7. The Balaban J connectivity index is 2.16. The summed E-state index contributed by atoms with van der Waals surface area (Å²) >= 11 is 1.40. The highest BCUT2D eigenvalue weighted by atomic mass is 32.2. The maximum absolute atomic E-state index is 11.3. The number of benzene rings is 1. The van der Waals surface area contributed by atoms with Crippen molar-refractivity contribution in [3.05, 3.63) is 51.8 Å². The van der Waals surface area contributed by atoms with Crippen LogP contribution in [0.5, 0.6) is 0 Å². The van der Waals surface area contributed by atoms with E-state index in [-0.39, 0.29) is 11.4 Å². The van der Waals surface area contributed by atoms with E-state index in [1.165, 1.54) is 17.8 Å². The summed E-state index contributed by atoms with van der Waals surface area (Å²) < 4.78 is 0. The molecule has 0 aliphatic heterocycles. The van der Waals surface area contributed by atoms with Crippen molar-refractivity contribution in [1.29, 1.82) is 0 Å². The quantitative estimate of drug-likeness (QED) is 0.443. The fraction of sp³-hybridized carbons (Fsp3) is 0.143. The zero-order chi connectivity index (χ0) is 14.4. The molecule has 102 valence electrons. The Hall–Kier alpha value is -2.23. The van der Waals surface area contributed by atoms with Crippen molar-refractivity contribution in [1.82, 2.24) is 9.97 Å².